The molecule has 0 N–H and O–H groups in total. The van der Waals surface area contributed by atoms with Crippen molar-refractivity contribution in [3.05, 3.63) is 18.2 Å². The maximum Gasteiger partial charge on any atom is 0.154 e. The Labute approximate surface area is 69.4 Å². The molecule has 0 saturated heterocycles. The zero-order chi connectivity index (χ0) is 8.48. The predicted molar refractivity (Wildman–Crippen MR) is 50.3 cm³/mol. The molecule has 62 valence electrons. The Hall–Kier alpha value is -0.573. The van der Waals surface area contributed by atoms with Crippen LogP contribution < -0.4 is 0 Å². The summed E-state index contributed by atoms with van der Waals surface area (Å²) in [5.41, 5.74) is 0. The van der Waals surface area contributed by atoms with Crippen LogP contribution in [0.3, 0.4) is 0 Å². The van der Waals surface area contributed by atoms with Crippen molar-refractivity contribution in [3.63, 3.8) is 0 Å². The van der Waals surface area contributed by atoms with Crippen LogP contribution >= 0.6 is 0 Å². The first kappa shape index (κ1) is 8.52. The summed E-state index contributed by atoms with van der Waals surface area (Å²) in [7, 11) is -1.19. The minimum absolute atomic E-state index is 1.04. The highest BCUT2D eigenvalue weighted by atomic mass is 28.3. The van der Waals surface area contributed by atoms with Crippen molar-refractivity contribution in [1.29, 1.82) is 0 Å². The van der Waals surface area contributed by atoms with Crippen LogP contribution in [-0.2, 0) is 6.42 Å². The van der Waals surface area contributed by atoms with E-state index in [1.54, 1.807) is 0 Å². The van der Waals surface area contributed by atoms with Crippen molar-refractivity contribution >= 4 is 8.24 Å². The van der Waals surface area contributed by atoms with E-state index < -0.39 is 8.24 Å². The van der Waals surface area contributed by atoms with Crippen molar-refractivity contribution < 1.29 is 0 Å². The molecule has 0 radical (unpaired) electrons. The summed E-state index contributed by atoms with van der Waals surface area (Å²) in [6.07, 6.45) is 5.04. The van der Waals surface area contributed by atoms with Gasteiger partial charge in [0.15, 0.2) is 8.24 Å². The molecule has 1 aromatic rings. The molecule has 1 aromatic heterocycles. The molecule has 0 amide bonds. The third-order valence-electron chi connectivity index (χ3n) is 1.76. The first-order chi connectivity index (χ1) is 5.05. The van der Waals surface area contributed by atoms with Gasteiger partial charge in [-0.2, -0.15) is 0 Å². The summed E-state index contributed by atoms with van der Waals surface area (Å²) in [5.74, 6) is 1.23. The molecule has 11 heavy (non-hydrogen) atoms. The number of imidazole rings is 1. The lowest BCUT2D eigenvalue weighted by Crippen LogP contribution is -2.32. The smallest absolute Gasteiger partial charge is 0.154 e. The molecule has 1 heterocycles. The highest BCUT2D eigenvalue weighted by Crippen LogP contribution is 2.09. The van der Waals surface area contributed by atoms with Gasteiger partial charge in [0.1, 0.15) is 0 Å². The van der Waals surface area contributed by atoms with E-state index in [4.69, 9.17) is 0 Å². The quantitative estimate of drug-likeness (QED) is 0.619. The molecule has 0 aliphatic carbocycles. The standard InChI is InChI=1S/C8H16N2Si/c1-5-8-9-6-7-10(8)11(2,3)4/h6-7H,5H2,1-4H3. The summed E-state index contributed by atoms with van der Waals surface area (Å²) in [6, 6.07) is 0. The summed E-state index contributed by atoms with van der Waals surface area (Å²) < 4.78 is 2.35. The fourth-order valence-electron chi connectivity index (χ4n) is 1.21. The first-order valence-electron chi connectivity index (χ1n) is 4.08. The number of aromatic nitrogens is 2. The molecule has 0 aliphatic heterocycles. The van der Waals surface area contributed by atoms with Gasteiger partial charge in [0.25, 0.3) is 0 Å². The maximum absolute atomic E-state index is 4.30. The van der Waals surface area contributed by atoms with Crippen LogP contribution in [0.1, 0.15) is 12.7 Å². The minimum Gasteiger partial charge on any atom is -0.363 e. The normalized spacial score (nSPS) is 12.0. The van der Waals surface area contributed by atoms with Crippen LogP contribution in [0.4, 0.5) is 0 Å². The maximum atomic E-state index is 4.30. The van der Waals surface area contributed by atoms with Gasteiger partial charge in [0.05, 0.1) is 5.82 Å². The van der Waals surface area contributed by atoms with Gasteiger partial charge in [-0.25, -0.2) is 4.98 Å². The molecule has 2 nitrogen and oxygen atoms in total. The molecule has 0 aliphatic rings. The summed E-state index contributed by atoms with van der Waals surface area (Å²) in [5, 5.41) is 0. The second kappa shape index (κ2) is 2.81. The number of aryl methyl sites for hydroxylation is 1. The van der Waals surface area contributed by atoms with Crippen molar-refractivity contribution in [3.8, 4) is 0 Å². The van der Waals surface area contributed by atoms with Crippen molar-refractivity contribution in [2.75, 3.05) is 0 Å². The topological polar surface area (TPSA) is 17.8 Å². The van der Waals surface area contributed by atoms with E-state index in [1.807, 2.05) is 6.20 Å². The second-order valence-electron chi connectivity index (χ2n) is 3.74. The van der Waals surface area contributed by atoms with Gasteiger partial charge in [-0.3, -0.25) is 0 Å². The summed E-state index contributed by atoms with van der Waals surface area (Å²) in [4.78, 5) is 4.30. The number of hydrogen-bond acceptors (Lipinski definition) is 1. The Morgan fingerprint density at radius 3 is 2.45 bits per heavy atom. The Morgan fingerprint density at radius 1 is 1.45 bits per heavy atom. The molecule has 0 atom stereocenters. The third kappa shape index (κ3) is 1.71. The lowest BCUT2D eigenvalue weighted by Gasteiger charge is -2.20. The number of rotatable bonds is 2. The van der Waals surface area contributed by atoms with Crippen molar-refractivity contribution in [1.82, 2.24) is 9.22 Å². The third-order valence-corrected chi connectivity index (χ3v) is 3.61. The van der Waals surface area contributed by atoms with Crippen LogP contribution in [0, 0.1) is 0 Å². The summed E-state index contributed by atoms with van der Waals surface area (Å²) >= 11 is 0. The van der Waals surface area contributed by atoms with Crippen molar-refractivity contribution in [2.24, 2.45) is 0 Å². The average Bonchev–Trinajstić information content (AvgIpc) is 2.31. The minimum atomic E-state index is -1.19. The van der Waals surface area contributed by atoms with Crippen LogP contribution in [0.2, 0.25) is 19.6 Å². The molecule has 0 fully saturated rings. The first-order valence-corrected chi connectivity index (χ1v) is 7.53. The van der Waals surface area contributed by atoms with Gasteiger partial charge >= 0.3 is 0 Å². The molecular formula is C8H16N2Si. The molecule has 0 bridgehead atoms. The van der Waals surface area contributed by atoms with E-state index >= 15 is 0 Å². The predicted octanol–water partition coefficient (Wildman–Crippen LogP) is 2.13. The summed E-state index contributed by atoms with van der Waals surface area (Å²) in [6.45, 7) is 9.13. The lowest BCUT2D eigenvalue weighted by molar-refractivity contribution is 0.923. The Morgan fingerprint density at radius 2 is 2.09 bits per heavy atom. The molecule has 0 aromatic carbocycles. The molecule has 0 spiro atoms. The highest BCUT2D eigenvalue weighted by Gasteiger charge is 2.17. The average molecular weight is 168 g/mol. The molecular weight excluding hydrogens is 152 g/mol. The Bertz CT molecular complexity index is 234. The largest absolute Gasteiger partial charge is 0.363 e. The fraction of sp³-hybridized carbons (Fsp3) is 0.625. The lowest BCUT2D eigenvalue weighted by atomic mass is 10.5. The van der Waals surface area contributed by atoms with Crippen molar-refractivity contribution in [2.45, 2.75) is 33.0 Å². The molecule has 1 rings (SSSR count). The Kier molecular flexibility index (Phi) is 2.18. The van der Waals surface area contributed by atoms with Gasteiger partial charge in [-0.1, -0.05) is 26.6 Å². The molecule has 0 saturated carbocycles. The van der Waals surface area contributed by atoms with Crippen LogP contribution in [-0.4, -0.2) is 17.5 Å². The molecule has 3 heteroatoms. The van der Waals surface area contributed by atoms with Gasteiger partial charge in [0, 0.05) is 18.8 Å². The van der Waals surface area contributed by atoms with Crippen LogP contribution in [0.5, 0.6) is 0 Å². The fourth-order valence-corrected chi connectivity index (χ4v) is 2.71. The van der Waals surface area contributed by atoms with Gasteiger partial charge in [-0.05, 0) is 0 Å². The van der Waals surface area contributed by atoms with E-state index in [1.165, 1.54) is 5.82 Å². The Balaban J connectivity index is 3.02. The van der Waals surface area contributed by atoms with E-state index in [-0.39, 0.29) is 0 Å². The van der Waals surface area contributed by atoms with Crippen LogP contribution in [0.15, 0.2) is 12.4 Å². The van der Waals surface area contributed by atoms with Gasteiger partial charge in [0.2, 0.25) is 0 Å². The van der Waals surface area contributed by atoms with Gasteiger partial charge < -0.3 is 4.23 Å². The molecule has 0 unspecified atom stereocenters. The monoisotopic (exact) mass is 168 g/mol. The van der Waals surface area contributed by atoms with Gasteiger partial charge in [-0.15, -0.1) is 0 Å². The number of nitrogens with zero attached hydrogens (tertiary/aromatic N) is 2. The van der Waals surface area contributed by atoms with Crippen LogP contribution in [0.25, 0.3) is 0 Å². The van der Waals surface area contributed by atoms with E-state index in [2.05, 4.69) is 42.0 Å². The SMILES string of the molecule is CCc1nccn1[Si](C)(C)C. The van der Waals surface area contributed by atoms with E-state index in [0.29, 0.717) is 0 Å². The highest BCUT2D eigenvalue weighted by molar-refractivity contribution is 6.74. The van der Waals surface area contributed by atoms with E-state index in [0.717, 1.165) is 6.42 Å². The number of hydrogen-bond donors (Lipinski definition) is 0. The zero-order valence-corrected chi connectivity index (χ0v) is 8.76. The second-order valence-corrected chi connectivity index (χ2v) is 8.56. The zero-order valence-electron chi connectivity index (χ0n) is 7.76. The van der Waals surface area contributed by atoms with E-state index in [9.17, 15) is 0 Å².